The smallest absolute Gasteiger partial charge is 0.224 e. The molecule has 2 heterocycles. The van der Waals surface area contributed by atoms with E-state index in [-0.39, 0.29) is 29.0 Å². The topological polar surface area (TPSA) is 51.2 Å². The number of aryl methyl sites for hydroxylation is 1. The Bertz CT molecular complexity index is 1050. The predicted octanol–water partition coefficient (Wildman–Crippen LogP) is 4.51. The molecule has 1 aliphatic heterocycles. The highest BCUT2D eigenvalue weighted by Crippen LogP contribution is 2.33. The summed E-state index contributed by atoms with van der Waals surface area (Å²) in [6.07, 6.45) is 2.21. The first-order valence-corrected chi connectivity index (χ1v) is 9.80. The molecule has 1 aliphatic rings. The number of nitrogens with one attached hydrogen (secondary N) is 1. The van der Waals surface area contributed by atoms with E-state index in [0.717, 1.165) is 28.1 Å². The van der Waals surface area contributed by atoms with Crippen LogP contribution in [0, 0.1) is 12.7 Å². The number of fused-ring (bicyclic) bond motifs is 1. The molecule has 3 aromatic rings. The third-order valence-corrected chi connectivity index (χ3v) is 5.36. The molecule has 0 saturated heterocycles. The molecule has 2 aromatic carbocycles. The van der Waals surface area contributed by atoms with E-state index in [9.17, 15) is 9.18 Å². The van der Waals surface area contributed by atoms with Crippen molar-refractivity contribution in [3.05, 3.63) is 82.3 Å². The summed E-state index contributed by atoms with van der Waals surface area (Å²) in [5.74, 6) is 0.0506. The summed E-state index contributed by atoms with van der Waals surface area (Å²) in [5.41, 5.74) is 4.40. The molecule has 0 saturated carbocycles. The molecule has 0 unspecified atom stereocenters. The largest absolute Gasteiger partial charge is 0.488 e. The maximum Gasteiger partial charge on any atom is 0.224 e. The first-order chi connectivity index (χ1) is 14.0. The highest BCUT2D eigenvalue weighted by Gasteiger charge is 2.24. The molecule has 0 radical (unpaired) electrons. The molecule has 1 amide bonds. The Morgan fingerprint density at radius 3 is 2.93 bits per heavy atom. The third-order valence-electron chi connectivity index (χ3n) is 5.01. The quantitative estimate of drug-likeness (QED) is 0.673. The Labute approximate surface area is 173 Å². The molecule has 1 aromatic heterocycles. The van der Waals surface area contributed by atoms with E-state index in [4.69, 9.17) is 16.3 Å². The molecule has 148 valence electrons. The number of nitrogens with zero attached hydrogens (tertiary/aromatic N) is 1. The van der Waals surface area contributed by atoms with Gasteiger partial charge in [-0.05, 0) is 54.4 Å². The van der Waals surface area contributed by atoms with Gasteiger partial charge in [-0.15, -0.1) is 0 Å². The lowest BCUT2D eigenvalue weighted by Crippen LogP contribution is -2.35. The zero-order valence-electron chi connectivity index (χ0n) is 15.9. The normalized spacial score (nSPS) is 14.9. The Balaban J connectivity index is 1.38. The van der Waals surface area contributed by atoms with Gasteiger partial charge in [0.25, 0.3) is 0 Å². The number of pyridine rings is 1. The summed E-state index contributed by atoms with van der Waals surface area (Å²) in [7, 11) is 0. The lowest BCUT2D eigenvalue weighted by molar-refractivity contribution is -0.120. The molecule has 4 nitrogen and oxygen atoms in total. The highest BCUT2D eigenvalue weighted by atomic mass is 35.5. The van der Waals surface area contributed by atoms with Gasteiger partial charge >= 0.3 is 0 Å². The fraction of sp³-hybridized carbons (Fsp3) is 0.217. The number of rotatable bonds is 5. The van der Waals surface area contributed by atoms with Gasteiger partial charge in [-0.2, -0.15) is 0 Å². The van der Waals surface area contributed by atoms with Crippen LogP contribution in [0.3, 0.4) is 0 Å². The summed E-state index contributed by atoms with van der Waals surface area (Å²) in [6.45, 7) is 2.38. The number of ether oxygens (including phenoxy) is 1. The van der Waals surface area contributed by atoms with Crippen LogP contribution >= 0.6 is 11.6 Å². The van der Waals surface area contributed by atoms with Gasteiger partial charge in [-0.25, -0.2) is 4.39 Å². The Hall–Kier alpha value is -2.92. The van der Waals surface area contributed by atoms with Crippen LogP contribution in [-0.4, -0.2) is 23.5 Å². The number of carbonyl (C=O) groups excluding carboxylic acids is 1. The molecule has 0 fully saturated rings. The minimum Gasteiger partial charge on any atom is -0.488 e. The number of hydrogen-bond acceptors (Lipinski definition) is 3. The van der Waals surface area contributed by atoms with Crippen molar-refractivity contribution in [1.82, 2.24) is 10.3 Å². The predicted molar refractivity (Wildman–Crippen MR) is 111 cm³/mol. The third kappa shape index (κ3) is 4.25. The summed E-state index contributed by atoms with van der Waals surface area (Å²) in [5, 5.41) is 3.07. The van der Waals surface area contributed by atoms with Gasteiger partial charge in [0.1, 0.15) is 17.7 Å². The fourth-order valence-electron chi connectivity index (χ4n) is 3.52. The molecule has 0 bridgehead atoms. The fourth-order valence-corrected chi connectivity index (χ4v) is 3.75. The summed E-state index contributed by atoms with van der Waals surface area (Å²) < 4.78 is 19.8. The van der Waals surface area contributed by atoms with E-state index >= 15 is 0 Å². The monoisotopic (exact) mass is 410 g/mol. The van der Waals surface area contributed by atoms with E-state index in [1.54, 1.807) is 12.3 Å². The van der Waals surface area contributed by atoms with Gasteiger partial charge in [0, 0.05) is 28.8 Å². The van der Waals surface area contributed by atoms with Crippen LogP contribution < -0.4 is 10.1 Å². The van der Waals surface area contributed by atoms with Crippen molar-refractivity contribution in [1.29, 1.82) is 0 Å². The van der Waals surface area contributed by atoms with Crippen LogP contribution in [0.25, 0.3) is 11.3 Å². The van der Waals surface area contributed by atoms with Gasteiger partial charge in [-0.1, -0.05) is 23.7 Å². The average Bonchev–Trinajstić information content (AvgIpc) is 3.12. The van der Waals surface area contributed by atoms with E-state index < -0.39 is 5.82 Å². The van der Waals surface area contributed by atoms with E-state index in [1.807, 2.05) is 31.2 Å². The molecule has 0 spiro atoms. The Morgan fingerprint density at radius 2 is 2.14 bits per heavy atom. The zero-order valence-corrected chi connectivity index (χ0v) is 16.7. The molecule has 4 rings (SSSR count). The van der Waals surface area contributed by atoms with Gasteiger partial charge in [0.05, 0.1) is 18.7 Å². The maximum atomic E-state index is 13.8. The Kier molecular flexibility index (Phi) is 5.49. The second kappa shape index (κ2) is 8.21. The standard InChI is InChI=1S/C23H20ClFN2O2/c1-14-4-3-9-26-23(14)15-7-8-21-16(10-15)11-17(29-21)13-27-22(28)12-18-19(24)5-2-6-20(18)25/h2-10,17H,11-13H2,1H3,(H,27,28)/t17-/m1/s1. The van der Waals surface area contributed by atoms with E-state index in [2.05, 4.69) is 16.4 Å². The number of aromatic nitrogens is 1. The first-order valence-electron chi connectivity index (χ1n) is 9.42. The van der Waals surface area contributed by atoms with Crippen LogP contribution in [0.2, 0.25) is 5.02 Å². The first kappa shape index (κ1) is 19.4. The second-order valence-corrected chi connectivity index (χ2v) is 7.52. The molecule has 0 aliphatic carbocycles. The van der Waals surface area contributed by atoms with E-state index in [0.29, 0.717) is 13.0 Å². The summed E-state index contributed by atoms with van der Waals surface area (Å²) in [4.78, 5) is 16.7. The lowest BCUT2D eigenvalue weighted by Gasteiger charge is -2.12. The molecule has 6 heteroatoms. The number of carbonyl (C=O) groups is 1. The van der Waals surface area contributed by atoms with Crippen molar-refractivity contribution < 1.29 is 13.9 Å². The van der Waals surface area contributed by atoms with Crippen LogP contribution in [0.1, 0.15) is 16.7 Å². The van der Waals surface area contributed by atoms with Crippen LogP contribution in [0.5, 0.6) is 5.75 Å². The number of benzene rings is 2. The van der Waals surface area contributed by atoms with Crippen molar-refractivity contribution in [2.24, 2.45) is 0 Å². The Morgan fingerprint density at radius 1 is 1.28 bits per heavy atom. The molecule has 1 N–H and O–H groups in total. The molecular weight excluding hydrogens is 391 g/mol. The van der Waals surface area contributed by atoms with Gasteiger partial charge in [0.15, 0.2) is 0 Å². The van der Waals surface area contributed by atoms with Gasteiger partial charge < -0.3 is 10.1 Å². The van der Waals surface area contributed by atoms with Crippen molar-refractivity contribution in [3.63, 3.8) is 0 Å². The number of amides is 1. The van der Waals surface area contributed by atoms with Crippen molar-refractivity contribution >= 4 is 17.5 Å². The van der Waals surface area contributed by atoms with Crippen LogP contribution in [0.4, 0.5) is 4.39 Å². The van der Waals surface area contributed by atoms with Gasteiger partial charge in [-0.3, -0.25) is 9.78 Å². The molecular formula is C23H20ClFN2O2. The molecule has 1 atom stereocenters. The minimum atomic E-state index is -0.477. The minimum absolute atomic E-state index is 0.103. The maximum absolute atomic E-state index is 13.8. The summed E-state index contributed by atoms with van der Waals surface area (Å²) in [6, 6.07) is 14.4. The SMILES string of the molecule is Cc1cccnc1-c1ccc2c(c1)C[C@H](CNC(=O)Cc1c(F)cccc1Cl)O2. The van der Waals surface area contributed by atoms with Crippen molar-refractivity contribution in [2.45, 2.75) is 25.9 Å². The van der Waals surface area contributed by atoms with Gasteiger partial charge in [0.2, 0.25) is 5.91 Å². The van der Waals surface area contributed by atoms with Crippen molar-refractivity contribution in [3.8, 4) is 17.0 Å². The second-order valence-electron chi connectivity index (χ2n) is 7.12. The van der Waals surface area contributed by atoms with Crippen molar-refractivity contribution in [2.75, 3.05) is 6.54 Å². The lowest BCUT2D eigenvalue weighted by atomic mass is 10.0. The van der Waals surface area contributed by atoms with Crippen LogP contribution in [-0.2, 0) is 17.6 Å². The average molecular weight is 411 g/mol. The molecule has 29 heavy (non-hydrogen) atoms. The highest BCUT2D eigenvalue weighted by molar-refractivity contribution is 6.31. The summed E-state index contributed by atoms with van der Waals surface area (Å²) >= 11 is 5.99. The van der Waals surface area contributed by atoms with E-state index in [1.165, 1.54) is 12.1 Å². The zero-order chi connectivity index (χ0) is 20.4. The number of halogens is 2. The number of hydrogen-bond donors (Lipinski definition) is 1. The van der Waals surface area contributed by atoms with Crippen LogP contribution in [0.15, 0.2) is 54.7 Å².